The number of hydrogen-bond acceptors (Lipinski definition) is 4. The summed E-state index contributed by atoms with van der Waals surface area (Å²) in [5, 5.41) is 7.04. The van der Waals surface area contributed by atoms with Crippen LogP contribution in [0.5, 0.6) is 0 Å². The second-order valence-corrected chi connectivity index (χ2v) is 6.73. The summed E-state index contributed by atoms with van der Waals surface area (Å²) >= 11 is 0. The smallest absolute Gasteiger partial charge is 0.257 e. The Morgan fingerprint density at radius 1 is 1.30 bits per heavy atom. The van der Waals surface area contributed by atoms with E-state index in [1.165, 1.54) is 18.3 Å². The minimum Gasteiger partial charge on any atom is -0.347 e. The maximum Gasteiger partial charge on any atom is 0.257 e. The molecule has 1 aliphatic heterocycles. The number of amides is 2. The van der Waals surface area contributed by atoms with Gasteiger partial charge in [0.1, 0.15) is 11.4 Å². The fraction of sp³-hybridized carbons (Fsp3) is 0.263. The largest absolute Gasteiger partial charge is 0.347 e. The van der Waals surface area contributed by atoms with Gasteiger partial charge in [-0.2, -0.15) is 5.10 Å². The SMILES string of the molecule is Cc1cnc2c(C(=O)N[C@H]3CC(=O)N(Cc4ccc(F)cc4)C3)cnn2c1. The average molecular weight is 367 g/mol. The number of benzene rings is 1. The lowest BCUT2D eigenvalue weighted by Gasteiger charge is -2.17. The number of rotatable bonds is 4. The zero-order valence-electron chi connectivity index (χ0n) is 14.7. The van der Waals surface area contributed by atoms with E-state index in [9.17, 15) is 14.0 Å². The zero-order valence-corrected chi connectivity index (χ0v) is 14.7. The van der Waals surface area contributed by atoms with Crippen molar-refractivity contribution >= 4 is 17.5 Å². The number of carbonyl (C=O) groups excluding carboxylic acids is 2. The van der Waals surface area contributed by atoms with Crippen LogP contribution in [0.1, 0.15) is 27.9 Å². The molecular weight excluding hydrogens is 349 g/mol. The summed E-state index contributed by atoms with van der Waals surface area (Å²) in [4.78, 5) is 30.8. The van der Waals surface area contributed by atoms with Crippen molar-refractivity contribution < 1.29 is 14.0 Å². The molecule has 27 heavy (non-hydrogen) atoms. The topological polar surface area (TPSA) is 79.6 Å². The zero-order chi connectivity index (χ0) is 19.0. The fourth-order valence-corrected chi connectivity index (χ4v) is 3.22. The van der Waals surface area contributed by atoms with Crippen molar-refractivity contribution in [2.75, 3.05) is 6.54 Å². The summed E-state index contributed by atoms with van der Waals surface area (Å²) in [5.74, 6) is -0.658. The molecule has 8 heteroatoms. The third-order valence-electron chi connectivity index (χ3n) is 4.57. The maximum atomic E-state index is 13.0. The summed E-state index contributed by atoms with van der Waals surface area (Å²) in [7, 11) is 0. The first-order valence-electron chi connectivity index (χ1n) is 8.62. The molecule has 2 aromatic heterocycles. The minimum atomic E-state index is -0.311. The van der Waals surface area contributed by atoms with Gasteiger partial charge in [0.15, 0.2) is 5.65 Å². The van der Waals surface area contributed by atoms with Crippen molar-refractivity contribution in [3.05, 3.63) is 65.4 Å². The molecule has 1 saturated heterocycles. The number of aryl methyl sites for hydroxylation is 1. The van der Waals surface area contributed by atoms with Crippen molar-refractivity contribution in [2.45, 2.75) is 25.9 Å². The first kappa shape index (κ1) is 17.1. The Labute approximate surface area is 154 Å². The summed E-state index contributed by atoms with van der Waals surface area (Å²) in [5.41, 5.74) is 2.64. The third-order valence-corrected chi connectivity index (χ3v) is 4.57. The molecule has 1 aromatic carbocycles. The highest BCUT2D eigenvalue weighted by atomic mass is 19.1. The number of likely N-dealkylation sites (tertiary alicyclic amines) is 1. The van der Waals surface area contributed by atoms with Crippen LogP contribution in [0.3, 0.4) is 0 Å². The highest BCUT2D eigenvalue weighted by Crippen LogP contribution is 2.17. The molecular formula is C19H18FN5O2. The molecule has 3 heterocycles. The first-order valence-corrected chi connectivity index (χ1v) is 8.62. The van der Waals surface area contributed by atoms with E-state index in [1.807, 2.05) is 6.92 Å². The lowest BCUT2D eigenvalue weighted by Crippen LogP contribution is -2.37. The summed E-state index contributed by atoms with van der Waals surface area (Å²) in [6.07, 6.45) is 5.18. The van der Waals surface area contributed by atoms with E-state index in [1.54, 1.807) is 33.9 Å². The predicted octanol–water partition coefficient (Wildman–Crippen LogP) is 1.71. The van der Waals surface area contributed by atoms with Crippen LogP contribution in [-0.2, 0) is 11.3 Å². The Morgan fingerprint density at radius 2 is 2.07 bits per heavy atom. The number of aromatic nitrogens is 3. The van der Waals surface area contributed by atoms with Crippen molar-refractivity contribution in [3.63, 3.8) is 0 Å². The molecule has 7 nitrogen and oxygen atoms in total. The van der Waals surface area contributed by atoms with Crippen LogP contribution in [0.4, 0.5) is 4.39 Å². The Bertz CT molecular complexity index is 1010. The van der Waals surface area contributed by atoms with Crippen LogP contribution >= 0.6 is 0 Å². The van der Waals surface area contributed by atoms with E-state index >= 15 is 0 Å². The molecule has 0 spiro atoms. The van der Waals surface area contributed by atoms with Crippen LogP contribution in [-0.4, -0.2) is 43.9 Å². The van der Waals surface area contributed by atoms with E-state index in [4.69, 9.17) is 0 Å². The van der Waals surface area contributed by atoms with Crippen molar-refractivity contribution in [1.29, 1.82) is 0 Å². The molecule has 138 valence electrons. The second-order valence-electron chi connectivity index (χ2n) is 6.73. The molecule has 2 amide bonds. The third kappa shape index (κ3) is 3.51. The monoisotopic (exact) mass is 367 g/mol. The summed E-state index contributed by atoms with van der Waals surface area (Å²) in [6, 6.07) is 5.76. The summed E-state index contributed by atoms with van der Waals surface area (Å²) < 4.78 is 14.6. The molecule has 0 radical (unpaired) electrons. The van der Waals surface area contributed by atoms with Gasteiger partial charge < -0.3 is 10.2 Å². The quantitative estimate of drug-likeness (QED) is 0.761. The number of carbonyl (C=O) groups is 2. The normalized spacial score (nSPS) is 16.9. The lowest BCUT2D eigenvalue weighted by atomic mass is 10.2. The van der Waals surface area contributed by atoms with E-state index < -0.39 is 0 Å². The van der Waals surface area contributed by atoms with Crippen LogP contribution in [0.25, 0.3) is 5.65 Å². The van der Waals surface area contributed by atoms with Crippen molar-refractivity contribution in [3.8, 4) is 0 Å². The highest BCUT2D eigenvalue weighted by Gasteiger charge is 2.31. The van der Waals surface area contributed by atoms with Gasteiger partial charge in [-0.3, -0.25) is 9.59 Å². The molecule has 1 fully saturated rings. The van der Waals surface area contributed by atoms with Crippen LogP contribution < -0.4 is 5.32 Å². The van der Waals surface area contributed by atoms with Gasteiger partial charge in [-0.05, 0) is 30.2 Å². The fourth-order valence-electron chi connectivity index (χ4n) is 3.22. The van der Waals surface area contributed by atoms with Gasteiger partial charge in [-0.1, -0.05) is 12.1 Å². The van der Waals surface area contributed by atoms with E-state index in [2.05, 4.69) is 15.4 Å². The summed E-state index contributed by atoms with van der Waals surface area (Å²) in [6.45, 7) is 2.70. The van der Waals surface area contributed by atoms with Crippen molar-refractivity contribution in [1.82, 2.24) is 24.8 Å². The molecule has 0 saturated carbocycles. The van der Waals surface area contributed by atoms with Crippen molar-refractivity contribution in [2.24, 2.45) is 0 Å². The Hall–Kier alpha value is -3.29. The molecule has 0 unspecified atom stereocenters. The molecule has 0 aliphatic carbocycles. The molecule has 1 aliphatic rings. The number of halogens is 1. The number of nitrogens with zero attached hydrogens (tertiary/aromatic N) is 4. The highest BCUT2D eigenvalue weighted by molar-refractivity contribution is 6.00. The minimum absolute atomic E-state index is 0.0433. The van der Waals surface area contributed by atoms with Crippen LogP contribution in [0, 0.1) is 12.7 Å². The van der Waals surface area contributed by atoms with E-state index in [0.717, 1.165) is 11.1 Å². The second kappa shape index (κ2) is 6.79. The Balaban J connectivity index is 1.43. The molecule has 3 aromatic rings. The Morgan fingerprint density at radius 3 is 2.85 bits per heavy atom. The number of hydrogen-bond donors (Lipinski definition) is 1. The van der Waals surface area contributed by atoms with Gasteiger partial charge in [-0.25, -0.2) is 13.9 Å². The molecule has 1 N–H and O–H groups in total. The average Bonchev–Trinajstić information content (AvgIpc) is 3.20. The lowest BCUT2D eigenvalue weighted by molar-refractivity contribution is -0.128. The molecule has 1 atom stereocenters. The maximum absolute atomic E-state index is 13.0. The van der Waals surface area contributed by atoms with Gasteiger partial charge >= 0.3 is 0 Å². The van der Waals surface area contributed by atoms with Gasteiger partial charge in [0.2, 0.25) is 5.91 Å². The first-order chi connectivity index (χ1) is 13.0. The number of nitrogens with one attached hydrogen (secondary N) is 1. The van der Waals surface area contributed by atoms with E-state index in [0.29, 0.717) is 24.3 Å². The standard InChI is InChI=1S/C19H18FN5O2/c1-12-7-21-18-16(8-22-25(18)9-12)19(27)23-15-6-17(26)24(11-15)10-13-2-4-14(20)5-3-13/h2-5,7-9,15H,6,10-11H2,1H3,(H,23,27)/t15-/m0/s1. The van der Waals surface area contributed by atoms with Crippen LogP contribution in [0.2, 0.25) is 0 Å². The Kier molecular flexibility index (Phi) is 4.31. The van der Waals surface area contributed by atoms with Gasteiger partial charge in [0, 0.05) is 31.9 Å². The van der Waals surface area contributed by atoms with E-state index in [-0.39, 0.29) is 30.1 Å². The van der Waals surface area contributed by atoms with Gasteiger partial charge in [0.25, 0.3) is 5.91 Å². The van der Waals surface area contributed by atoms with Gasteiger partial charge in [-0.15, -0.1) is 0 Å². The molecule has 0 bridgehead atoms. The van der Waals surface area contributed by atoms with Gasteiger partial charge in [0.05, 0.1) is 12.2 Å². The number of fused-ring (bicyclic) bond motifs is 1. The predicted molar refractivity (Wildman–Crippen MR) is 95.4 cm³/mol. The van der Waals surface area contributed by atoms with Crippen LogP contribution in [0.15, 0.2) is 42.9 Å². The molecule has 4 rings (SSSR count).